The van der Waals surface area contributed by atoms with Gasteiger partial charge in [-0.05, 0) is 38.1 Å². The highest BCUT2D eigenvalue weighted by atomic mass is 32.2. The quantitative estimate of drug-likeness (QED) is 0.552. The van der Waals surface area contributed by atoms with Gasteiger partial charge in [-0.1, -0.05) is 47.7 Å². The summed E-state index contributed by atoms with van der Waals surface area (Å²) in [6, 6.07) is 19.2. The number of aromatic nitrogens is 2. The number of benzene rings is 2. The maximum Gasteiger partial charge on any atom is 0.277 e. The molecule has 0 aliphatic rings. The molecule has 1 amide bonds. The van der Waals surface area contributed by atoms with Crippen LogP contribution in [0.25, 0.3) is 11.5 Å². The van der Waals surface area contributed by atoms with Crippen LogP contribution in [0.2, 0.25) is 0 Å². The molecule has 1 heterocycles. The van der Waals surface area contributed by atoms with Crippen molar-refractivity contribution in [1.29, 1.82) is 5.26 Å². The molecule has 0 spiro atoms. The summed E-state index contributed by atoms with van der Waals surface area (Å²) in [5.41, 5.74) is 2.71. The highest BCUT2D eigenvalue weighted by Crippen LogP contribution is 2.28. The Hall–Kier alpha value is -3.11. The van der Waals surface area contributed by atoms with Crippen LogP contribution in [0.5, 0.6) is 0 Å². The number of nitrogens with zero attached hydrogens (tertiary/aromatic N) is 4. The van der Waals surface area contributed by atoms with E-state index in [4.69, 9.17) is 9.68 Å². The summed E-state index contributed by atoms with van der Waals surface area (Å²) in [7, 11) is 0. The van der Waals surface area contributed by atoms with E-state index < -0.39 is 5.25 Å². The second-order valence-electron chi connectivity index (χ2n) is 6.24. The number of hydrogen-bond donors (Lipinski definition) is 0. The Labute approximate surface area is 168 Å². The van der Waals surface area contributed by atoms with E-state index >= 15 is 0 Å². The number of aryl methyl sites for hydroxylation is 1. The second kappa shape index (κ2) is 9.20. The topological polar surface area (TPSA) is 83.0 Å². The SMILES string of the molecule is Cc1cccc(-c2nnc(S[C@@H](C)C(=O)N(CCC#N)c3ccccc3)o2)c1. The zero-order valence-corrected chi connectivity index (χ0v) is 16.5. The largest absolute Gasteiger partial charge is 0.411 e. The normalized spacial score (nSPS) is 11.6. The van der Waals surface area contributed by atoms with Crippen LogP contribution in [0.15, 0.2) is 64.2 Å². The summed E-state index contributed by atoms with van der Waals surface area (Å²) < 4.78 is 5.73. The molecule has 142 valence electrons. The molecule has 3 aromatic rings. The summed E-state index contributed by atoms with van der Waals surface area (Å²) in [4.78, 5) is 14.6. The van der Waals surface area contributed by atoms with Crippen molar-refractivity contribution in [3.05, 3.63) is 60.2 Å². The van der Waals surface area contributed by atoms with E-state index in [-0.39, 0.29) is 12.3 Å². The third-order valence-electron chi connectivity index (χ3n) is 4.08. The summed E-state index contributed by atoms with van der Waals surface area (Å²) in [6.07, 6.45) is 0.260. The molecule has 0 saturated heterocycles. The standard InChI is InChI=1S/C21H20N4O2S/c1-15-8-6-9-17(14-15)19-23-24-21(27-19)28-16(2)20(26)25(13-7-12-22)18-10-4-3-5-11-18/h3-6,8-11,14,16H,7,13H2,1-2H3/t16-/m0/s1. The maximum atomic E-state index is 13.0. The molecule has 0 unspecified atom stereocenters. The van der Waals surface area contributed by atoms with Crippen LogP contribution >= 0.6 is 11.8 Å². The summed E-state index contributed by atoms with van der Waals surface area (Å²) >= 11 is 1.21. The van der Waals surface area contributed by atoms with Crippen LogP contribution < -0.4 is 4.90 Å². The fourth-order valence-corrected chi connectivity index (χ4v) is 3.46. The number of carbonyl (C=O) groups excluding carboxylic acids is 1. The van der Waals surface area contributed by atoms with E-state index in [0.717, 1.165) is 16.8 Å². The van der Waals surface area contributed by atoms with Crippen molar-refractivity contribution in [2.45, 2.75) is 30.7 Å². The van der Waals surface area contributed by atoms with Crippen LogP contribution in [-0.2, 0) is 4.79 Å². The van der Waals surface area contributed by atoms with E-state index in [1.54, 1.807) is 11.8 Å². The van der Waals surface area contributed by atoms with Crippen molar-refractivity contribution in [3.63, 3.8) is 0 Å². The molecule has 6 nitrogen and oxygen atoms in total. The fraction of sp³-hybridized carbons (Fsp3) is 0.238. The summed E-state index contributed by atoms with van der Waals surface area (Å²) in [6.45, 7) is 4.13. The molecule has 3 rings (SSSR count). The molecular formula is C21H20N4O2S. The fourth-order valence-electron chi connectivity index (χ4n) is 2.71. The van der Waals surface area contributed by atoms with Gasteiger partial charge < -0.3 is 9.32 Å². The van der Waals surface area contributed by atoms with Gasteiger partial charge in [0.25, 0.3) is 5.22 Å². The van der Waals surface area contributed by atoms with Gasteiger partial charge >= 0.3 is 0 Å². The molecular weight excluding hydrogens is 372 g/mol. The number of nitriles is 1. The van der Waals surface area contributed by atoms with Gasteiger partial charge in [0.15, 0.2) is 0 Å². The Bertz CT molecular complexity index is 981. The molecule has 0 aliphatic carbocycles. The van der Waals surface area contributed by atoms with Gasteiger partial charge in [-0.15, -0.1) is 10.2 Å². The van der Waals surface area contributed by atoms with Gasteiger partial charge in [0.05, 0.1) is 17.7 Å². The summed E-state index contributed by atoms with van der Waals surface area (Å²) in [5.74, 6) is 0.317. The lowest BCUT2D eigenvalue weighted by Crippen LogP contribution is -2.37. The second-order valence-corrected chi connectivity index (χ2v) is 7.53. The van der Waals surface area contributed by atoms with E-state index in [1.807, 2.05) is 61.5 Å². The lowest BCUT2D eigenvalue weighted by atomic mass is 10.1. The molecule has 1 atom stereocenters. The average Bonchev–Trinajstić information content (AvgIpc) is 3.17. The van der Waals surface area contributed by atoms with Crippen LogP contribution in [0.3, 0.4) is 0 Å². The Morgan fingerprint density at radius 2 is 2.00 bits per heavy atom. The lowest BCUT2D eigenvalue weighted by molar-refractivity contribution is -0.117. The van der Waals surface area contributed by atoms with Crippen LogP contribution in [0, 0.1) is 18.3 Å². The molecule has 0 radical (unpaired) electrons. The number of rotatable bonds is 7. The first kappa shape index (κ1) is 19.6. The number of amides is 1. The number of anilines is 1. The lowest BCUT2D eigenvalue weighted by Gasteiger charge is -2.24. The number of hydrogen-bond acceptors (Lipinski definition) is 6. The first-order valence-corrected chi connectivity index (χ1v) is 9.77. The Balaban J connectivity index is 1.73. The molecule has 7 heteroatoms. The van der Waals surface area contributed by atoms with Gasteiger partial charge in [0.2, 0.25) is 11.8 Å². The minimum absolute atomic E-state index is 0.109. The molecule has 28 heavy (non-hydrogen) atoms. The highest BCUT2D eigenvalue weighted by Gasteiger charge is 2.25. The van der Waals surface area contributed by atoms with Crippen molar-refractivity contribution in [1.82, 2.24) is 10.2 Å². The Morgan fingerprint density at radius 1 is 1.21 bits per heavy atom. The number of thioether (sulfide) groups is 1. The average molecular weight is 392 g/mol. The highest BCUT2D eigenvalue weighted by molar-refractivity contribution is 8.00. The van der Waals surface area contributed by atoms with E-state index in [0.29, 0.717) is 17.7 Å². The summed E-state index contributed by atoms with van der Waals surface area (Å²) in [5, 5.41) is 17.0. The third-order valence-corrected chi connectivity index (χ3v) is 5.00. The first-order chi connectivity index (χ1) is 13.6. The third kappa shape index (κ3) is 4.78. The van der Waals surface area contributed by atoms with E-state index in [9.17, 15) is 4.79 Å². The number of para-hydroxylation sites is 1. The van der Waals surface area contributed by atoms with Gasteiger partial charge in [-0.3, -0.25) is 4.79 Å². The van der Waals surface area contributed by atoms with Gasteiger partial charge in [-0.2, -0.15) is 5.26 Å². The van der Waals surface area contributed by atoms with Crippen LogP contribution in [0.4, 0.5) is 5.69 Å². The Kier molecular flexibility index (Phi) is 6.45. The van der Waals surface area contributed by atoms with E-state index in [1.165, 1.54) is 11.8 Å². The van der Waals surface area contributed by atoms with Gasteiger partial charge in [0.1, 0.15) is 0 Å². The molecule has 0 aliphatic heterocycles. The van der Waals surface area contributed by atoms with Crippen molar-refractivity contribution in [2.24, 2.45) is 0 Å². The molecule has 0 saturated carbocycles. The maximum absolute atomic E-state index is 13.0. The Morgan fingerprint density at radius 3 is 2.71 bits per heavy atom. The van der Waals surface area contributed by atoms with Gasteiger partial charge in [0, 0.05) is 17.8 Å². The molecule has 0 bridgehead atoms. The molecule has 0 N–H and O–H groups in total. The zero-order chi connectivity index (χ0) is 19.9. The number of carbonyl (C=O) groups is 1. The molecule has 1 aromatic heterocycles. The van der Waals surface area contributed by atoms with E-state index in [2.05, 4.69) is 16.3 Å². The van der Waals surface area contributed by atoms with Crippen LogP contribution in [-0.4, -0.2) is 27.9 Å². The van der Waals surface area contributed by atoms with Crippen molar-refractivity contribution >= 4 is 23.4 Å². The van der Waals surface area contributed by atoms with Crippen molar-refractivity contribution < 1.29 is 9.21 Å². The minimum Gasteiger partial charge on any atom is -0.411 e. The minimum atomic E-state index is -0.440. The van der Waals surface area contributed by atoms with Crippen molar-refractivity contribution in [3.8, 4) is 17.5 Å². The zero-order valence-electron chi connectivity index (χ0n) is 15.7. The monoisotopic (exact) mass is 392 g/mol. The smallest absolute Gasteiger partial charge is 0.277 e. The van der Waals surface area contributed by atoms with Crippen molar-refractivity contribution in [2.75, 3.05) is 11.4 Å². The predicted molar refractivity (Wildman–Crippen MR) is 109 cm³/mol. The first-order valence-electron chi connectivity index (χ1n) is 8.89. The molecule has 2 aromatic carbocycles. The molecule has 0 fully saturated rings. The van der Waals surface area contributed by atoms with Crippen LogP contribution in [0.1, 0.15) is 18.9 Å². The predicted octanol–water partition coefficient (Wildman–Crippen LogP) is 4.47. The van der Waals surface area contributed by atoms with Gasteiger partial charge in [-0.25, -0.2) is 0 Å².